The smallest absolute Gasteiger partial charge is 0.306 e. The van der Waals surface area contributed by atoms with E-state index in [1.165, 1.54) is 173 Å². The molecular weight excluding hydrogens is 1010 g/mol. The molecule has 0 aliphatic carbocycles. The average Bonchev–Trinajstić information content (AvgIpc) is 3.47. The average molecular weight is 1140 g/mol. The summed E-state index contributed by atoms with van der Waals surface area (Å²) in [7, 11) is 0. The molecule has 0 heterocycles. The zero-order valence-corrected chi connectivity index (χ0v) is 54.0. The van der Waals surface area contributed by atoms with E-state index in [0.717, 1.165) is 122 Å². The maximum absolute atomic E-state index is 13.0. The van der Waals surface area contributed by atoms with Crippen LogP contribution in [-0.2, 0) is 28.6 Å². The fraction of sp³-hybridized carbons (Fsp3) is 0.724. The summed E-state index contributed by atoms with van der Waals surface area (Å²) in [5.41, 5.74) is 0. The van der Waals surface area contributed by atoms with Crippen LogP contribution in [0.2, 0.25) is 0 Å². The lowest BCUT2D eigenvalue weighted by Crippen LogP contribution is -2.30. The summed E-state index contributed by atoms with van der Waals surface area (Å²) in [5, 5.41) is 0. The van der Waals surface area contributed by atoms with E-state index >= 15 is 0 Å². The molecule has 0 saturated carbocycles. The Labute approximate surface area is 508 Å². The third kappa shape index (κ3) is 66.9. The Morgan fingerprint density at radius 3 is 0.744 bits per heavy atom. The Kier molecular flexibility index (Phi) is 66.2. The van der Waals surface area contributed by atoms with E-state index in [1.807, 2.05) is 0 Å². The molecular formula is C76H130O6. The molecule has 0 radical (unpaired) electrons. The molecule has 1 unspecified atom stereocenters. The van der Waals surface area contributed by atoms with E-state index in [1.54, 1.807) is 0 Å². The summed E-state index contributed by atoms with van der Waals surface area (Å²) in [6, 6.07) is 0. The van der Waals surface area contributed by atoms with Crippen LogP contribution in [0.3, 0.4) is 0 Å². The molecule has 0 saturated heterocycles. The van der Waals surface area contributed by atoms with Crippen molar-refractivity contribution in [2.24, 2.45) is 0 Å². The van der Waals surface area contributed by atoms with Crippen molar-refractivity contribution in [2.45, 2.75) is 341 Å². The summed E-state index contributed by atoms with van der Waals surface area (Å²) >= 11 is 0. The van der Waals surface area contributed by atoms with Gasteiger partial charge in [0.15, 0.2) is 6.10 Å². The number of rotatable bonds is 63. The third-order valence-electron chi connectivity index (χ3n) is 15.0. The van der Waals surface area contributed by atoms with Crippen LogP contribution in [0.4, 0.5) is 0 Å². The van der Waals surface area contributed by atoms with Gasteiger partial charge in [-0.05, 0) is 109 Å². The molecule has 0 aromatic rings. The Balaban J connectivity index is 4.41. The van der Waals surface area contributed by atoms with Crippen LogP contribution < -0.4 is 0 Å². The number of hydrogen-bond donors (Lipinski definition) is 0. The molecule has 0 bridgehead atoms. The molecule has 0 fully saturated rings. The van der Waals surface area contributed by atoms with Crippen molar-refractivity contribution < 1.29 is 28.6 Å². The van der Waals surface area contributed by atoms with Crippen molar-refractivity contribution in [3.05, 3.63) is 109 Å². The second kappa shape index (κ2) is 69.6. The van der Waals surface area contributed by atoms with Gasteiger partial charge in [-0.3, -0.25) is 14.4 Å². The summed E-state index contributed by atoms with van der Waals surface area (Å²) in [6.45, 7) is 6.53. The minimum Gasteiger partial charge on any atom is -0.462 e. The normalized spacial score (nSPS) is 12.8. The number of unbranched alkanes of at least 4 members (excludes halogenated alkanes) is 34. The molecule has 0 amide bonds. The Bertz CT molecular complexity index is 1640. The minimum atomic E-state index is -0.796. The summed E-state index contributed by atoms with van der Waals surface area (Å²) in [5.74, 6) is -0.903. The number of hydrogen-bond acceptors (Lipinski definition) is 6. The van der Waals surface area contributed by atoms with Crippen molar-refractivity contribution in [2.75, 3.05) is 13.2 Å². The van der Waals surface area contributed by atoms with Gasteiger partial charge in [0, 0.05) is 19.3 Å². The Morgan fingerprint density at radius 2 is 0.476 bits per heavy atom. The molecule has 0 aromatic carbocycles. The van der Waals surface area contributed by atoms with E-state index in [-0.39, 0.29) is 31.1 Å². The molecule has 470 valence electrons. The minimum absolute atomic E-state index is 0.0879. The zero-order valence-electron chi connectivity index (χ0n) is 54.0. The lowest BCUT2D eigenvalue weighted by molar-refractivity contribution is -0.167. The SMILES string of the molecule is CC/C=C\C/C=C\C/C=C\C/C=C\C/C=C\C/C=C\CCCCCCC(=O)OC(COC(=O)CCCCCCCCCCCC/C=C\C/C=C\C/C=C\CCCCCCC)COC(=O)CCCCCCCCCCCCCCCCCC. The van der Waals surface area contributed by atoms with E-state index in [4.69, 9.17) is 14.2 Å². The highest BCUT2D eigenvalue weighted by atomic mass is 16.6. The molecule has 0 aliphatic heterocycles. The number of ether oxygens (including phenoxy) is 3. The van der Waals surface area contributed by atoms with E-state index in [9.17, 15) is 14.4 Å². The molecule has 0 aliphatic rings. The van der Waals surface area contributed by atoms with Crippen LogP contribution in [0.15, 0.2) is 109 Å². The maximum atomic E-state index is 13.0. The van der Waals surface area contributed by atoms with Crippen LogP contribution in [0, 0.1) is 0 Å². The molecule has 6 nitrogen and oxygen atoms in total. The first-order chi connectivity index (χ1) is 40.5. The quantitative estimate of drug-likeness (QED) is 0.0261. The highest BCUT2D eigenvalue weighted by molar-refractivity contribution is 5.71. The van der Waals surface area contributed by atoms with Gasteiger partial charge in [0.05, 0.1) is 0 Å². The molecule has 82 heavy (non-hydrogen) atoms. The van der Waals surface area contributed by atoms with E-state index in [0.29, 0.717) is 19.3 Å². The van der Waals surface area contributed by atoms with Crippen molar-refractivity contribution in [3.8, 4) is 0 Å². The van der Waals surface area contributed by atoms with E-state index in [2.05, 4.69) is 130 Å². The first-order valence-corrected chi connectivity index (χ1v) is 34.9. The first kappa shape index (κ1) is 78.1. The molecule has 0 rings (SSSR count). The fourth-order valence-corrected chi connectivity index (χ4v) is 9.81. The summed E-state index contributed by atoms with van der Waals surface area (Å²) in [6.07, 6.45) is 95.3. The van der Waals surface area contributed by atoms with Crippen LogP contribution >= 0.6 is 0 Å². The molecule has 0 N–H and O–H groups in total. The van der Waals surface area contributed by atoms with Gasteiger partial charge >= 0.3 is 17.9 Å². The monoisotopic (exact) mass is 1140 g/mol. The second-order valence-electron chi connectivity index (χ2n) is 23.1. The van der Waals surface area contributed by atoms with Gasteiger partial charge in [0.25, 0.3) is 0 Å². The topological polar surface area (TPSA) is 78.9 Å². The Hall–Kier alpha value is -3.93. The van der Waals surface area contributed by atoms with Crippen LogP contribution in [0.25, 0.3) is 0 Å². The summed E-state index contributed by atoms with van der Waals surface area (Å²) < 4.78 is 17.0. The Morgan fingerprint density at radius 1 is 0.256 bits per heavy atom. The predicted octanol–water partition coefficient (Wildman–Crippen LogP) is 24.2. The van der Waals surface area contributed by atoms with Gasteiger partial charge in [-0.15, -0.1) is 0 Å². The lowest BCUT2D eigenvalue weighted by Gasteiger charge is -2.18. The number of esters is 3. The maximum Gasteiger partial charge on any atom is 0.306 e. The molecule has 1 atom stereocenters. The predicted molar refractivity (Wildman–Crippen MR) is 357 cm³/mol. The first-order valence-electron chi connectivity index (χ1n) is 34.9. The van der Waals surface area contributed by atoms with Crippen LogP contribution in [-0.4, -0.2) is 37.2 Å². The standard InChI is InChI=1S/C76H130O6/c1-4-7-10-13-16-19-22-25-28-31-33-35-37-38-40-41-43-45-48-51-54-57-60-63-66-69-75(78)81-72-73(71-80-74(77)68-65-62-59-56-53-50-47-30-27-24-21-18-15-12-9-6-3)82-76(79)70-67-64-61-58-55-52-49-46-44-42-39-36-34-32-29-26-23-20-17-14-11-8-5-2/h8,11,17,20,22,25-26,29,31,33-34,36-38,42,44,49,52,73H,4-7,9-10,12-16,18-19,21,23-24,27-28,30,32,35,39-41,43,45-48,50-51,53-72H2,1-3H3/b11-8-,20-17-,25-22-,29-26-,33-31-,36-34-,38-37-,44-42-,52-49-. The van der Waals surface area contributed by atoms with Crippen molar-refractivity contribution >= 4 is 17.9 Å². The molecule has 0 spiro atoms. The number of carbonyl (C=O) groups is 3. The van der Waals surface area contributed by atoms with Crippen LogP contribution in [0.1, 0.15) is 335 Å². The van der Waals surface area contributed by atoms with Crippen molar-refractivity contribution in [1.82, 2.24) is 0 Å². The third-order valence-corrected chi connectivity index (χ3v) is 15.0. The van der Waals surface area contributed by atoms with Gasteiger partial charge < -0.3 is 14.2 Å². The van der Waals surface area contributed by atoms with E-state index < -0.39 is 6.10 Å². The lowest BCUT2D eigenvalue weighted by atomic mass is 10.0. The second-order valence-corrected chi connectivity index (χ2v) is 23.1. The highest BCUT2D eigenvalue weighted by Crippen LogP contribution is 2.17. The molecule has 6 heteroatoms. The number of allylic oxidation sites excluding steroid dienone is 18. The highest BCUT2D eigenvalue weighted by Gasteiger charge is 2.19. The van der Waals surface area contributed by atoms with Gasteiger partial charge in [0.2, 0.25) is 0 Å². The van der Waals surface area contributed by atoms with Gasteiger partial charge in [0.1, 0.15) is 13.2 Å². The number of carbonyl (C=O) groups excluding carboxylic acids is 3. The van der Waals surface area contributed by atoms with Gasteiger partial charge in [-0.25, -0.2) is 0 Å². The van der Waals surface area contributed by atoms with Crippen LogP contribution in [0.5, 0.6) is 0 Å². The van der Waals surface area contributed by atoms with Crippen molar-refractivity contribution in [3.63, 3.8) is 0 Å². The zero-order chi connectivity index (χ0) is 59.2. The largest absolute Gasteiger partial charge is 0.462 e. The fourth-order valence-electron chi connectivity index (χ4n) is 9.81. The summed E-state index contributed by atoms with van der Waals surface area (Å²) in [4.78, 5) is 38.5. The molecule has 0 aromatic heterocycles. The van der Waals surface area contributed by atoms with Gasteiger partial charge in [-0.2, -0.15) is 0 Å². The van der Waals surface area contributed by atoms with Crippen molar-refractivity contribution in [1.29, 1.82) is 0 Å². The van der Waals surface area contributed by atoms with Gasteiger partial charge in [-0.1, -0.05) is 316 Å².